The Labute approximate surface area is 184 Å². The van der Waals surface area contributed by atoms with Crippen LogP contribution < -0.4 is 15.5 Å². The number of aromatic nitrogens is 2. The van der Waals surface area contributed by atoms with E-state index in [9.17, 15) is 13.2 Å². The Morgan fingerprint density at radius 3 is 2.61 bits per heavy atom. The number of primary amides is 1. The molecular formula is C22H31N5O3S. The van der Waals surface area contributed by atoms with Crippen molar-refractivity contribution in [3.8, 4) is 0 Å². The standard InChI is InChI=1S/C22H31N5O3S/c1-6-12-26(5)17-8-7-9-18(25-17)31(29,30)16-10-11-24-21(19(16)20(23)28)27-14-15(2)13-22(27,3)4/h7-11,15H,6,12-14H2,1-5H3,(H2,23,28). The van der Waals surface area contributed by atoms with Crippen LogP contribution in [0.4, 0.5) is 11.6 Å². The van der Waals surface area contributed by atoms with Gasteiger partial charge in [0.25, 0.3) is 5.91 Å². The summed E-state index contributed by atoms with van der Waals surface area (Å²) in [6.45, 7) is 9.67. The fourth-order valence-corrected chi connectivity index (χ4v) is 5.78. The van der Waals surface area contributed by atoms with Gasteiger partial charge in [0.15, 0.2) is 5.03 Å². The highest BCUT2D eigenvalue weighted by Crippen LogP contribution is 2.39. The van der Waals surface area contributed by atoms with Gasteiger partial charge in [0.1, 0.15) is 17.2 Å². The lowest BCUT2D eigenvalue weighted by Gasteiger charge is -2.33. The summed E-state index contributed by atoms with van der Waals surface area (Å²) in [7, 11) is -2.23. The van der Waals surface area contributed by atoms with Gasteiger partial charge < -0.3 is 15.5 Å². The van der Waals surface area contributed by atoms with Crippen LogP contribution in [-0.4, -0.2) is 50.0 Å². The van der Waals surface area contributed by atoms with Crippen molar-refractivity contribution in [3.05, 3.63) is 36.0 Å². The van der Waals surface area contributed by atoms with Gasteiger partial charge in [-0.3, -0.25) is 4.79 Å². The number of rotatable bonds is 7. The quantitative estimate of drug-likeness (QED) is 0.698. The maximum atomic E-state index is 13.5. The number of nitrogens with zero attached hydrogens (tertiary/aromatic N) is 4. The van der Waals surface area contributed by atoms with Gasteiger partial charge in [-0.2, -0.15) is 0 Å². The second-order valence-electron chi connectivity index (χ2n) is 8.86. The SMILES string of the molecule is CCCN(C)c1cccc(S(=O)(=O)c2ccnc(N3CC(C)CC3(C)C)c2C(N)=O)n1. The number of hydrogen-bond donors (Lipinski definition) is 1. The van der Waals surface area contributed by atoms with Gasteiger partial charge in [-0.1, -0.05) is 19.9 Å². The van der Waals surface area contributed by atoms with Crippen molar-refractivity contribution in [2.24, 2.45) is 11.7 Å². The summed E-state index contributed by atoms with van der Waals surface area (Å²) in [6.07, 6.45) is 3.22. The predicted octanol–water partition coefficient (Wildman–Crippen LogP) is 2.88. The molecule has 3 heterocycles. The number of amides is 1. The van der Waals surface area contributed by atoms with Crippen LogP contribution in [0.25, 0.3) is 0 Å². The Morgan fingerprint density at radius 1 is 1.32 bits per heavy atom. The van der Waals surface area contributed by atoms with Gasteiger partial charge >= 0.3 is 0 Å². The molecule has 1 aliphatic rings. The summed E-state index contributed by atoms with van der Waals surface area (Å²) in [6, 6.07) is 6.18. The maximum Gasteiger partial charge on any atom is 0.253 e. The van der Waals surface area contributed by atoms with Crippen molar-refractivity contribution >= 4 is 27.4 Å². The second kappa shape index (κ2) is 8.45. The molecule has 8 nitrogen and oxygen atoms in total. The Balaban J connectivity index is 2.15. The smallest absolute Gasteiger partial charge is 0.253 e. The lowest BCUT2D eigenvalue weighted by atomic mass is 9.97. The van der Waals surface area contributed by atoms with Crippen molar-refractivity contribution < 1.29 is 13.2 Å². The number of carbonyl (C=O) groups is 1. The van der Waals surface area contributed by atoms with E-state index in [2.05, 4.69) is 30.7 Å². The van der Waals surface area contributed by atoms with E-state index in [1.807, 2.05) is 23.8 Å². The number of pyridine rings is 2. The van der Waals surface area contributed by atoms with Crippen molar-refractivity contribution in [3.63, 3.8) is 0 Å². The zero-order chi connectivity index (χ0) is 23.0. The van der Waals surface area contributed by atoms with Gasteiger partial charge in [-0.05, 0) is 50.8 Å². The van der Waals surface area contributed by atoms with Crippen LogP contribution in [0.2, 0.25) is 0 Å². The minimum atomic E-state index is -4.09. The molecule has 1 saturated heterocycles. The van der Waals surface area contributed by atoms with E-state index in [0.29, 0.717) is 24.1 Å². The van der Waals surface area contributed by atoms with E-state index in [1.54, 1.807) is 12.1 Å². The third-order valence-corrected chi connectivity index (χ3v) is 7.39. The zero-order valence-electron chi connectivity index (χ0n) is 18.8. The highest BCUT2D eigenvalue weighted by Gasteiger charge is 2.40. The van der Waals surface area contributed by atoms with Crippen molar-refractivity contribution in [1.82, 2.24) is 9.97 Å². The molecule has 1 fully saturated rings. The van der Waals surface area contributed by atoms with Gasteiger partial charge in [-0.15, -0.1) is 0 Å². The minimum Gasteiger partial charge on any atom is -0.365 e. The Kier molecular flexibility index (Phi) is 6.27. The first-order valence-electron chi connectivity index (χ1n) is 10.5. The van der Waals surface area contributed by atoms with Crippen LogP contribution in [0.3, 0.4) is 0 Å². The van der Waals surface area contributed by atoms with Crippen molar-refractivity contribution in [1.29, 1.82) is 0 Å². The molecule has 0 aliphatic carbocycles. The van der Waals surface area contributed by atoms with Crippen molar-refractivity contribution in [2.75, 3.05) is 29.9 Å². The Hall–Kier alpha value is -2.68. The average molecular weight is 446 g/mol. The highest BCUT2D eigenvalue weighted by atomic mass is 32.2. The maximum absolute atomic E-state index is 13.5. The zero-order valence-corrected chi connectivity index (χ0v) is 19.6. The van der Waals surface area contributed by atoms with E-state index in [0.717, 1.165) is 19.4 Å². The van der Waals surface area contributed by atoms with Crippen LogP contribution in [0.5, 0.6) is 0 Å². The number of anilines is 2. The van der Waals surface area contributed by atoms with E-state index >= 15 is 0 Å². The molecule has 1 unspecified atom stereocenters. The van der Waals surface area contributed by atoms with Crippen LogP contribution >= 0.6 is 0 Å². The van der Waals surface area contributed by atoms with Crippen LogP contribution in [0.1, 0.15) is 50.9 Å². The summed E-state index contributed by atoms with van der Waals surface area (Å²) in [4.78, 5) is 24.9. The minimum absolute atomic E-state index is 0.0845. The molecule has 0 radical (unpaired) electrons. The van der Waals surface area contributed by atoms with Crippen molar-refractivity contribution in [2.45, 2.75) is 56.0 Å². The first-order valence-corrected chi connectivity index (χ1v) is 12.0. The third kappa shape index (κ3) is 4.37. The molecule has 2 aromatic rings. The molecule has 1 amide bonds. The Morgan fingerprint density at radius 2 is 2.03 bits per heavy atom. The first kappa shape index (κ1) is 23.0. The number of sulfone groups is 1. The molecule has 0 spiro atoms. The number of carbonyl (C=O) groups excluding carboxylic acids is 1. The van der Waals surface area contributed by atoms with Gasteiger partial charge in [0, 0.05) is 31.9 Å². The third-order valence-electron chi connectivity index (χ3n) is 5.69. The highest BCUT2D eigenvalue weighted by molar-refractivity contribution is 7.91. The molecule has 0 aromatic carbocycles. The van der Waals surface area contributed by atoms with E-state index in [4.69, 9.17) is 5.73 Å². The summed E-state index contributed by atoms with van der Waals surface area (Å²) < 4.78 is 27.1. The average Bonchev–Trinajstić information content (AvgIpc) is 2.99. The monoisotopic (exact) mass is 445 g/mol. The number of nitrogens with two attached hydrogens (primary N) is 1. The predicted molar refractivity (Wildman–Crippen MR) is 121 cm³/mol. The van der Waals surface area contributed by atoms with Crippen LogP contribution in [0, 0.1) is 5.92 Å². The van der Waals surface area contributed by atoms with Crippen LogP contribution in [-0.2, 0) is 9.84 Å². The normalized spacial score (nSPS) is 18.2. The lowest BCUT2D eigenvalue weighted by Crippen LogP contribution is -2.40. The molecular weight excluding hydrogens is 414 g/mol. The fourth-order valence-electron chi connectivity index (χ4n) is 4.38. The van der Waals surface area contributed by atoms with Gasteiger partial charge in [-0.25, -0.2) is 18.4 Å². The molecule has 3 rings (SSSR count). The first-order chi connectivity index (χ1) is 14.5. The second-order valence-corrected chi connectivity index (χ2v) is 10.7. The molecule has 168 valence electrons. The topological polar surface area (TPSA) is 109 Å². The largest absolute Gasteiger partial charge is 0.365 e. The Bertz CT molecular complexity index is 1080. The molecule has 2 aromatic heterocycles. The molecule has 2 N–H and O–H groups in total. The van der Waals surface area contributed by atoms with Gasteiger partial charge in [0.05, 0.1) is 4.90 Å². The summed E-state index contributed by atoms with van der Waals surface area (Å²) >= 11 is 0. The lowest BCUT2D eigenvalue weighted by molar-refractivity contribution is 0.0997. The molecule has 0 saturated carbocycles. The van der Waals surface area contributed by atoms with E-state index < -0.39 is 15.7 Å². The van der Waals surface area contributed by atoms with E-state index in [-0.39, 0.29) is 21.0 Å². The molecule has 31 heavy (non-hydrogen) atoms. The number of hydrogen-bond acceptors (Lipinski definition) is 7. The molecule has 1 atom stereocenters. The molecule has 1 aliphatic heterocycles. The summed E-state index contributed by atoms with van der Waals surface area (Å²) in [5, 5.41) is -0.123. The molecule has 0 bridgehead atoms. The molecule has 9 heteroatoms. The fraction of sp³-hybridized carbons (Fsp3) is 0.500. The summed E-state index contributed by atoms with van der Waals surface area (Å²) in [5.74, 6) is 0.413. The summed E-state index contributed by atoms with van der Waals surface area (Å²) in [5.41, 5.74) is 5.34. The van der Waals surface area contributed by atoms with E-state index in [1.165, 1.54) is 18.3 Å². The van der Waals surface area contributed by atoms with Gasteiger partial charge in [0.2, 0.25) is 9.84 Å². The van der Waals surface area contributed by atoms with Crippen LogP contribution in [0.15, 0.2) is 40.4 Å².